The van der Waals surface area contributed by atoms with Gasteiger partial charge in [-0.1, -0.05) is 12.1 Å². The van der Waals surface area contributed by atoms with Gasteiger partial charge < -0.3 is 14.7 Å². The quantitative estimate of drug-likeness (QED) is 0.878. The molecule has 1 aromatic carbocycles. The Morgan fingerprint density at radius 3 is 2.58 bits per heavy atom. The standard InChI is InChI=1S/C14H19NO4/c1-9-5-6-10(2)12(7-9)19-11(3)14(18)15(4)8-13(16)17/h5-7,11H,8H2,1-4H3,(H,16,17). The summed E-state index contributed by atoms with van der Waals surface area (Å²) >= 11 is 0. The van der Waals surface area contributed by atoms with Crippen molar-refractivity contribution in [2.45, 2.75) is 26.9 Å². The Kier molecular flexibility index (Phi) is 4.92. The number of ether oxygens (including phenoxy) is 1. The van der Waals surface area contributed by atoms with Gasteiger partial charge in [-0.25, -0.2) is 0 Å². The van der Waals surface area contributed by atoms with Gasteiger partial charge in [0.1, 0.15) is 12.3 Å². The first-order valence-corrected chi connectivity index (χ1v) is 6.02. The summed E-state index contributed by atoms with van der Waals surface area (Å²) in [5.74, 6) is -0.761. The van der Waals surface area contributed by atoms with Gasteiger partial charge in [-0.15, -0.1) is 0 Å². The van der Waals surface area contributed by atoms with Gasteiger partial charge in [0.15, 0.2) is 6.10 Å². The summed E-state index contributed by atoms with van der Waals surface area (Å²) in [6, 6.07) is 5.74. The molecule has 0 aliphatic carbocycles. The molecule has 0 aliphatic heterocycles. The molecule has 0 radical (unpaired) electrons. The minimum Gasteiger partial charge on any atom is -0.481 e. The van der Waals surface area contributed by atoms with Crippen LogP contribution < -0.4 is 4.74 Å². The minimum atomic E-state index is -1.05. The third kappa shape index (κ3) is 4.28. The number of carbonyl (C=O) groups excluding carboxylic acids is 1. The highest BCUT2D eigenvalue weighted by Gasteiger charge is 2.21. The molecule has 104 valence electrons. The first-order chi connectivity index (χ1) is 8.81. The van der Waals surface area contributed by atoms with E-state index in [0.717, 1.165) is 16.0 Å². The summed E-state index contributed by atoms with van der Waals surface area (Å²) in [5.41, 5.74) is 1.98. The molecule has 1 amide bonds. The summed E-state index contributed by atoms with van der Waals surface area (Å²) in [4.78, 5) is 23.6. The molecular weight excluding hydrogens is 246 g/mol. The van der Waals surface area contributed by atoms with Gasteiger partial charge in [0, 0.05) is 7.05 Å². The van der Waals surface area contributed by atoms with Gasteiger partial charge in [0.25, 0.3) is 5.91 Å². The van der Waals surface area contributed by atoms with E-state index in [1.54, 1.807) is 6.92 Å². The molecule has 0 heterocycles. The number of carbonyl (C=O) groups is 2. The Balaban J connectivity index is 2.73. The second-order valence-corrected chi connectivity index (χ2v) is 4.62. The van der Waals surface area contributed by atoms with Crippen molar-refractivity contribution in [1.29, 1.82) is 0 Å². The number of amides is 1. The maximum atomic E-state index is 11.9. The topological polar surface area (TPSA) is 66.8 Å². The van der Waals surface area contributed by atoms with E-state index in [1.165, 1.54) is 7.05 Å². The zero-order valence-corrected chi connectivity index (χ0v) is 11.6. The molecule has 1 rings (SSSR count). The van der Waals surface area contributed by atoms with Crippen molar-refractivity contribution in [2.75, 3.05) is 13.6 Å². The fraction of sp³-hybridized carbons (Fsp3) is 0.429. The molecule has 0 saturated heterocycles. The smallest absolute Gasteiger partial charge is 0.323 e. The molecule has 0 spiro atoms. The lowest BCUT2D eigenvalue weighted by Crippen LogP contribution is -2.40. The maximum Gasteiger partial charge on any atom is 0.323 e. The second-order valence-electron chi connectivity index (χ2n) is 4.62. The third-order valence-corrected chi connectivity index (χ3v) is 2.74. The highest BCUT2D eigenvalue weighted by molar-refractivity contribution is 5.84. The molecule has 0 saturated carbocycles. The molecule has 1 unspecified atom stereocenters. The molecule has 0 bridgehead atoms. The van der Waals surface area contributed by atoms with E-state index >= 15 is 0 Å². The first kappa shape index (κ1) is 15.0. The predicted octanol–water partition coefficient (Wildman–Crippen LogP) is 1.61. The van der Waals surface area contributed by atoms with E-state index in [0.29, 0.717) is 5.75 Å². The lowest BCUT2D eigenvalue weighted by atomic mass is 10.1. The van der Waals surface area contributed by atoms with Crippen molar-refractivity contribution < 1.29 is 19.4 Å². The summed E-state index contributed by atoms with van der Waals surface area (Å²) < 4.78 is 5.61. The molecule has 19 heavy (non-hydrogen) atoms. The first-order valence-electron chi connectivity index (χ1n) is 6.02. The molecule has 5 nitrogen and oxygen atoms in total. The monoisotopic (exact) mass is 265 g/mol. The minimum absolute atomic E-state index is 0.334. The highest BCUT2D eigenvalue weighted by atomic mass is 16.5. The van der Waals surface area contributed by atoms with Crippen LogP contribution in [-0.4, -0.2) is 41.6 Å². The average molecular weight is 265 g/mol. The highest BCUT2D eigenvalue weighted by Crippen LogP contribution is 2.20. The Bertz CT molecular complexity index is 484. The Morgan fingerprint density at radius 2 is 2.00 bits per heavy atom. The van der Waals surface area contributed by atoms with Crippen LogP contribution in [-0.2, 0) is 9.59 Å². The average Bonchev–Trinajstić information content (AvgIpc) is 2.31. The molecular formula is C14H19NO4. The number of carboxylic acids is 1. The fourth-order valence-corrected chi connectivity index (χ4v) is 1.67. The van der Waals surface area contributed by atoms with E-state index in [2.05, 4.69) is 0 Å². The van der Waals surface area contributed by atoms with Crippen molar-refractivity contribution >= 4 is 11.9 Å². The molecule has 1 N–H and O–H groups in total. The third-order valence-electron chi connectivity index (χ3n) is 2.74. The zero-order chi connectivity index (χ0) is 14.6. The van der Waals surface area contributed by atoms with E-state index < -0.39 is 12.1 Å². The van der Waals surface area contributed by atoms with Crippen LogP contribution in [0.15, 0.2) is 18.2 Å². The Labute approximate surface area is 112 Å². The lowest BCUT2D eigenvalue weighted by Gasteiger charge is -2.21. The molecule has 0 fully saturated rings. The lowest BCUT2D eigenvalue weighted by molar-refractivity contribution is -0.146. The van der Waals surface area contributed by atoms with Crippen molar-refractivity contribution in [3.8, 4) is 5.75 Å². The van der Waals surface area contributed by atoms with Gasteiger partial charge in [-0.05, 0) is 38.0 Å². The number of rotatable bonds is 5. The van der Waals surface area contributed by atoms with Crippen LogP contribution in [0, 0.1) is 13.8 Å². The maximum absolute atomic E-state index is 11.9. The fourth-order valence-electron chi connectivity index (χ4n) is 1.67. The molecule has 0 aromatic heterocycles. The van der Waals surface area contributed by atoms with Crippen LogP contribution in [0.4, 0.5) is 0 Å². The summed E-state index contributed by atoms with van der Waals surface area (Å²) in [5, 5.41) is 8.65. The number of benzene rings is 1. The molecule has 1 atom stereocenters. The van der Waals surface area contributed by atoms with Crippen LogP contribution >= 0.6 is 0 Å². The van der Waals surface area contributed by atoms with Crippen LogP contribution in [0.25, 0.3) is 0 Å². The summed E-state index contributed by atoms with van der Waals surface area (Å²) in [6.45, 7) is 5.12. The number of hydrogen-bond acceptors (Lipinski definition) is 3. The van der Waals surface area contributed by atoms with Crippen molar-refractivity contribution in [2.24, 2.45) is 0 Å². The van der Waals surface area contributed by atoms with Crippen LogP contribution in [0.5, 0.6) is 5.75 Å². The summed E-state index contributed by atoms with van der Waals surface area (Å²) in [6.07, 6.45) is -0.718. The Morgan fingerprint density at radius 1 is 1.37 bits per heavy atom. The van der Waals surface area contributed by atoms with E-state index in [9.17, 15) is 9.59 Å². The zero-order valence-electron chi connectivity index (χ0n) is 11.6. The number of likely N-dealkylation sites (N-methyl/N-ethyl adjacent to an activating group) is 1. The van der Waals surface area contributed by atoms with Crippen molar-refractivity contribution in [3.05, 3.63) is 29.3 Å². The molecule has 1 aromatic rings. The van der Waals surface area contributed by atoms with Gasteiger partial charge >= 0.3 is 5.97 Å². The van der Waals surface area contributed by atoms with Crippen molar-refractivity contribution in [3.63, 3.8) is 0 Å². The van der Waals surface area contributed by atoms with Crippen LogP contribution in [0.1, 0.15) is 18.1 Å². The van der Waals surface area contributed by atoms with Gasteiger partial charge in [-0.2, -0.15) is 0 Å². The van der Waals surface area contributed by atoms with Gasteiger partial charge in [0.2, 0.25) is 0 Å². The number of hydrogen-bond donors (Lipinski definition) is 1. The van der Waals surface area contributed by atoms with Crippen molar-refractivity contribution in [1.82, 2.24) is 4.90 Å². The number of aryl methyl sites for hydroxylation is 2. The predicted molar refractivity (Wildman–Crippen MR) is 71.3 cm³/mol. The number of carboxylic acid groups (broad SMARTS) is 1. The van der Waals surface area contributed by atoms with Gasteiger partial charge in [-0.3, -0.25) is 9.59 Å². The second kappa shape index (κ2) is 6.22. The summed E-state index contributed by atoms with van der Waals surface area (Å²) in [7, 11) is 1.44. The number of aliphatic carboxylic acids is 1. The van der Waals surface area contributed by atoms with E-state index in [1.807, 2.05) is 32.0 Å². The van der Waals surface area contributed by atoms with Crippen LogP contribution in [0.3, 0.4) is 0 Å². The van der Waals surface area contributed by atoms with Crippen LogP contribution in [0.2, 0.25) is 0 Å². The van der Waals surface area contributed by atoms with Gasteiger partial charge in [0.05, 0.1) is 0 Å². The molecule has 0 aliphatic rings. The Hall–Kier alpha value is -2.04. The number of nitrogens with zero attached hydrogens (tertiary/aromatic N) is 1. The van der Waals surface area contributed by atoms with E-state index in [-0.39, 0.29) is 12.5 Å². The largest absolute Gasteiger partial charge is 0.481 e. The normalized spacial score (nSPS) is 11.8. The SMILES string of the molecule is Cc1ccc(C)c(OC(C)C(=O)N(C)CC(=O)O)c1. The molecule has 5 heteroatoms. The van der Waals surface area contributed by atoms with E-state index in [4.69, 9.17) is 9.84 Å².